The van der Waals surface area contributed by atoms with Crippen LogP contribution in [-0.4, -0.2) is 43.0 Å². The van der Waals surface area contributed by atoms with E-state index in [-0.39, 0.29) is 17.7 Å². The van der Waals surface area contributed by atoms with Crippen LogP contribution in [0.1, 0.15) is 56.9 Å². The van der Waals surface area contributed by atoms with Crippen LogP contribution in [0.3, 0.4) is 0 Å². The second-order valence-electron chi connectivity index (χ2n) is 7.83. The van der Waals surface area contributed by atoms with Gasteiger partial charge in [0.15, 0.2) is 0 Å². The van der Waals surface area contributed by atoms with Crippen LogP contribution >= 0.6 is 0 Å². The predicted molar refractivity (Wildman–Crippen MR) is 106 cm³/mol. The summed E-state index contributed by atoms with van der Waals surface area (Å²) in [5.74, 6) is 1.05. The number of likely N-dealkylation sites (tertiary alicyclic amines) is 1. The molecule has 0 spiro atoms. The Hall–Kier alpha value is -2.04. The van der Waals surface area contributed by atoms with Crippen molar-refractivity contribution in [3.8, 4) is 5.75 Å². The molecule has 5 heteroatoms. The Kier molecular flexibility index (Phi) is 7.13. The van der Waals surface area contributed by atoms with Gasteiger partial charge in [-0.05, 0) is 43.7 Å². The van der Waals surface area contributed by atoms with E-state index < -0.39 is 0 Å². The highest BCUT2D eigenvalue weighted by Gasteiger charge is 2.29. The molecule has 5 nitrogen and oxygen atoms in total. The molecule has 1 aliphatic carbocycles. The highest BCUT2D eigenvalue weighted by Crippen LogP contribution is 2.23. The summed E-state index contributed by atoms with van der Waals surface area (Å²) in [6, 6.07) is 8.16. The highest BCUT2D eigenvalue weighted by molar-refractivity contribution is 5.81. The van der Waals surface area contributed by atoms with Crippen LogP contribution in [0, 0.1) is 5.92 Å². The van der Waals surface area contributed by atoms with Gasteiger partial charge >= 0.3 is 0 Å². The Labute approximate surface area is 162 Å². The van der Waals surface area contributed by atoms with Crippen molar-refractivity contribution in [3.63, 3.8) is 0 Å². The maximum absolute atomic E-state index is 12.7. The maximum Gasteiger partial charge on any atom is 0.225 e. The number of piperidine rings is 1. The number of ether oxygens (including phenoxy) is 1. The number of para-hydroxylation sites is 1. The van der Waals surface area contributed by atoms with Crippen LogP contribution in [0.2, 0.25) is 0 Å². The van der Waals surface area contributed by atoms with Gasteiger partial charge in [-0.1, -0.05) is 37.5 Å². The molecule has 1 N–H and O–H groups in total. The minimum atomic E-state index is -0.0594. The van der Waals surface area contributed by atoms with Crippen LogP contribution in [0.15, 0.2) is 24.3 Å². The van der Waals surface area contributed by atoms with E-state index in [1.165, 1.54) is 19.3 Å². The van der Waals surface area contributed by atoms with Crippen LogP contribution in [0.25, 0.3) is 0 Å². The number of aryl methyl sites for hydroxylation is 1. The number of carbonyl (C=O) groups is 2. The van der Waals surface area contributed by atoms with Crippen LogP contribution in [0.4, 0.5) is 0 Å². The molecule has 1 aromatic rings. The molecule has 148 valence electrons. The number of hydrogen-bond donors (Lipinski definition) is 1. The summed E-state index contributed by atoms with van der Waals surface area (Å²) in [6.07, 6.45) is 8.81. The molecule has 1 aromatic carbocycles. The first-order chi connectivity index (χ1) is 13.2. The SMILES string of the molecule is COc1ccccc1CCC(=O)N1CCCC(C(=O)NC2CCCCC2)C1. The summed E-state index contributed by atoms with van der Waals surface area (Å²) in [7, 11) is 1.65. The average molecular weight is 373 g/mol. The Morgan fingerprint density at radius 2 is 1.89 bits per heavy atom. The Balaban J connectivity index is 1.49. The zero-order valence-corrected chi connectivity index (χ0v) is 16.4. The van der Waals surface area contributed by atoms with E-state index in [4.69, 9.17) is 4.74 Å². The lowest BCUT2D eigenvalue weighted by atomic mass is 9.93. The van der Waals surface area contributed by atoms with Crippen LogP contribution < -0.4 is 10.1 Å². The summed E-state index contributed by atoms with van der Waals surface area (Å²) >= 11 is 0. The molecule has 1 unspecified atom stereocenters. The zero-order valence-electron chi connectivity index (χ0n) is 16.4. The van der Waals surface area contributed by atoms with Gasteiger partial charge < -0.3 is 15.0 Å². The first-order valence-corrected chi connectivity index (χ1v) is 10.4. The molecular weight excluding hydrogens is 340 g/mol. The monoisotopic (exact) mass is 372 g/mol. The van der Waals surface area contributed by atoms with Gasteiger partial charge in [0.2, 0.25) is 11.8 Å². The Bertz CT molecular complexity index is 640. The summed E-state index contributed by atoms with van der Waals surface area (Å²) < 4.78 is 5.37. The smallest absolute Gasteiger partial charge is 0.225 e. The molecule has 0 radical (unpaired) electrons. The first-order valence-electron chi connectivity index (χ1n) is 10.4. The van der Waals surface area contributed by atoms with E-state index in [2.05, 4.69) is 5.32 Å². The molecule has 2 amide bonds. The van der Waals surface area contributed by atoms with Crippen molar-refractivity contribution >= 4 is 11.8 Å². The van der Waals surface area contributed by atoms with Gasteiger partial charge in [-0.15, -0.1) is 0 Å². The largest absolute Gasteiger partial charge is 0.496 e. The number of amides is 2. The molecule has 1 atom stereocenters. The fourth-order valence-electron chi connectivity index (χ4n) is 4.29. The molecule has 3 rings (SSSR count). The van der Waals surface area contributed by atoms with E-state index in [0.29, 0.717) is 25.4 Å². The van der Waals surface area contributed by atoms with E-state index in [9.17, 15) is 9.59 Å². The number of nitrogens with zero attached hydrogens (tertiary/aromatic N) is 1. The third kappa shape index (κ3) is 5.47. The lowest BCUT2D eigenvalue weighted by molar-refractivity contribution is -0.136. The van der Waals surface area contributed by atoms with Gasteiger partial charge in [-0.2, -0.15) is 0 Å². The summed E-state index contributed by atoms with van der Waals surface area (Å²) in [6.45, 7) is 1.32. The Morgan fingerprint density at radius 1 is 1.11 bits per heavy atom. The quantitative estimate of drug-likeness (QED) is 0.833. The van der Waals surface area contributed by atoms with Crippen molar-refractivity contribution in [2.24, 2.45) is 5.92 Å². The normalized spacial score (nSPS) is 20.9. The van der Waals surface area contributed by atoms with Crippen molar-refractivity contribution in [1.29, 1.82) is 0 Å². The molecule has 2 fully saturated rings. The molecule has 0 aromatic heterocycles. The van der Waals surface area contributed by atoms with Gasteiger partial charge in [0.1, 0.15) is 5.75 Å². The third-order valence-electron chi connectivity index (χ3n) is 5.90. The lowest BCUT2D eigenvalue weighted by Gasteiger charge is -2.33. The van der Waals surface area contributed by atoms with Gasteiger partial charge in [0.25, 0.3) is 0 Å². The number of nitrogens with one attached hydrogen (secondary N) is 1. The molecule has 27 heavy (non-hydrogen) atoms. The summed E-state index contributed by atoms with van der Waals surface area (Å²) in [4.78, 5) is 27.2. The van der Waals surface area contributed by atoms with Crippen molar-refractivity contribution in [2.45, 2.75) is 63.8 Å². The Morgan fingerprint density at radius 3 is 2.67 bits per heavy atom. The molecular formula is C22H32N2O3. The summed E-state index contributed by atoms with van der Waals surface area (Å²) in [5, 5.41) is 3.23. The second kappa shape index (κ2) is 9.77. The van der Waals surface area contributed by atoms with Crippen LogP contribution in [0.5, 0.6) is 5.75 Å². The molecule has 1 saturated carbocycles. The van der Waals surface area contributed by atoms with E-state index in [1.54, 1.807) is 7.11 Å². The molecule has 1 aliphatic heterocycles. The van der Waals surface area contributed by atoms with Crippen molar-refractivity contribution in [3.05, 3.63) is 29.8 Å². The molecule has 1 saturated heterocycles. The topological polar surface area (TPSA) is 58.6 Å². The predicted octanol–water partition coefficient (Wildman–Crippen LogP) is 3.32. The van der Waals surface area contributed by atoms with Crippen molar-refractivity contribution in [1.82, 2.24) is 10.2 Å². The standard InChI is InChI=1S/C22H32N2O3/c1-27-20-12-6-5-8-17(20)13-14-21(25)24-15-7-9-18(16-24)22(26)23-19-10-3-2-4-11-19/h5-6,8,12,18-19H,2-4,7,9-11,13-16H2,1H3,(H,23,26). The number of rotatable bonds is 6. The van der Waals surface area contributed by atoms with Gasteiger partial charge in [-0.3, -0.25) is 9.59 Å². The van der Waals surface area contributed by atoms with Gasteiger partial charge in [0, 0.05) is 25.6 Å². The van der Waals surface area contributed by atoms with E-state index in [1.807, 2.05) is 29.2 Å². The first kappa shape index (κ1) is 19.7. The zero-order chi connectivity index (χ0) is 19.1. The average Bonchev–Trinajstić information content (AvgIpc) is 2.73. The summed E-state index contributed by atoms with van der Waals surface area (Å²) in [5.41, 5.74) is 1.05. The minimum absolute atomic E-state index is 0.0594. The number of carbonyl (C=O) groups excluding carboxylic acids is 2. The van der Waals surface area contributed by atoms with Crippen molar-refractivity contribution < 1.29 is 14.3 Å². The molecule has 2 aliphatic rings. The van der Waals surface area contributed by atoms with Crippen molar-refractivity contribution in [2.75, 3.05) is 20.2 Å². The van der Waals surface area contributed by atoms with Gasteiger partial charge in [-0.25, -0.2) is 0 Å². The molecule has 1 heterocycles. The van der Waals surface area contributed by atoms with Crippen LogP contribution in [-0.2, 0) is 16.0 Å². The minimum Gasteiger partial charge on any atom is -0.496 e. The molecule has 0 bridgehead atoms. The van der Waals surface area contributed by atoms with Gasteiger partial charge in [0.05, 0.1) is 13.0 Å². The number of methoxy groups -OCH3 is 1. The fraction of sp³-hybridized carbons (Fsp3) is 0.636. The second-order valence-corrected chi connectivity index (χ2v) is 7.83. The fourth-order valence-corrected chi connectivity index (χ4v) is 4.29. The maximum atomic E-state index is 12.7. The third-order valence-corrected chi connectivity index (χ3v) is 5.90. The lowest BCUT2D eigenvalue weighted by Crippen LogP contribution is -2.48. The van der Waals surface area contributed by atoms with E-state index in [0.717, 1.165) is 43.5 Å². The van der Waals surface area contributed by atoms with E-state index >= 15 is 0 Å². The number of hydrogen-bond acceptors (Lipinski definition) is 3. The number of benzene rings is 1. The highest BCUT2D eigenvalue weighted by atomic mass is 16.5.